The molecule has 2 aromatic heterocycles. The van der Waals surface area contributed by atoms with Gasteiger partial charge in [-0.2, -0.15) is 0 Å². The van der Waals surface area contributed by atoms with Crippen molar-refractivity contribution in [1.29, 1.82) is 0 Å². The third-order valence-corrected chi connectivity index (χ3v) is 4.54. The average molecular weight is 383 g/mol. The van der Waals surface area contributed by atoms with Crippen LogP contribution in [0.4, 0.5) is 11.6 Å². The highest BCUT2D eigenvalue weighted by Crippen LogP contribution is 2.21. The number of fused-ring (bicyclic) bond motifs is 1. The number of aromatic nitrogens is 3. The Hall–Kier alpha value is -3.80. The predicted octanol–water partition coefficient (Wildman–Crippen LogP) is 4.51. The van der Waals surface area contributed by atoms with E-state index in [1.54, 1.807) is 12.3 Å². The highest BCUT2D eigenvalue weighted by Gasteiger charge is 2.13. The van der Waals surface area contributed by atoms with E-state index in [0.717, 1.165) is 16.5 Å². The maximum atomic E-state index is 12.8. The molecule has 0 aliphatic heterocycles. The number of hydrogen-bond donors (Lipinski definition) is 2. The number of para-hydroxylation sites is 1. The lowest BCUT2D eigenvalue weighted by Gasteiger charge is -2.10. The number of amides is 1. The molecule has 0 aliphatic carbocycles. The van der Waals surface area contributed by atoms with Crippen molar-refractivity contribution in [2.24, 2.45) is 0 Å². The van der Waals surface area contributed by atoms with Gasteiger partial charge in [0.25, 0.3) is 5.91 Å². The Bertz CT molecular complexity index is 1170. The normalized spacial score (nSPS) is 10.7. The Morgan fingerprint density at radius 3 is 2.59 bits per heavy atom. The number of anilines is 2. The molecule has 0 saturated heterocycles. The molecular formula is C23H21N5O. The molecule has 0 fully saturated rings. The molecule has 0 bridgehead atoms. The van der Waals surface area contributed by atoms with E-state index in [2.05, 4.69) is 56.8 Å². The van der Waals surface area contributed by atoms with Crippen LogP contribution in [0.1, 0.15) is 27.3 Å². The molecule has 6 heteroatoms. The third kappa shape index (κ3) is 4.38. The first kappa shape index (κ1) is 18.6. The van der Waals surface area contributed by atoms with Crippen LogP contribution in [-0.2, 0) is 6.54 Å². The van der Waals surface area contributed by atoms with Crippen LogP contribution in [0.2, 0.25) is 0 Å². The summed E-state index contributed by atoms with van der Waals surface area (Å²) in [6.45, 7) is 4.48. The van der Waals surface area contributed by atoms with Gasteiger partial charge < -0.3 is 10.6 Å². The van der Waals surface area contributed by atoms with Crippen molar-refractivity contribution in [2.75, 3.05) is 10.6 Å². The van der Waals surface area contributed by atoms with Gasteiger partial charge in [0.2, 0.25) is 5.95 Å². The van der Waals surface area contributed by atoms with E-state index >= 15 is 0 Å². The molecule has 4 aromatic rings. The van der Waals surface area contributed by atoms with Gasteiger partial charge in [0.1, 0.15) is 5.69 Å². The van der Waals surface area contributed by atoms with Crippen LogP contribution < -0.4 is 10.6 Å². The fourth-order valence-corrected chi connectivity index (χ4v) is 3.04. The second kappa shape index (κ2) is 8.06. The summed E-state index contributed by atoms with van der Waals surface area (Å²) in [6, 6.07) is 19.4. The van der Waals surface area contributed by atoms with E-state index in [9.17, 15) is 4.79 Å². The Morgan fingerprint density at radius 2 is 1.76 bits per heavy atom. The van der Waals surface area contributed by atoms with E-state index in [1.165, 1.54) is 5.56 Å². The molecule has 144 valence electrons. The van der Waals surface area contributed by atoms with Crippen molar-refractivity contribution in [3.63, 3.8) is 0 Å². The van der Waals surface area contributed by atoms with Gasteiger partial charge in [0.05, 0.1) is 11.2 Å². The topological polar surface area (TPSA) is 79.8 Å². The van der Waals surface area contributed by atoms with Crippen LogP contribution in [-0.4, -0.2) is 20.9 Å². The van der Waals surface area contributed by atoms with Gasteiger partial charge in [-0.15, -0.1) is 0 Å². The van der Waals surface area contributed by atoms with Gasteiger partial charge in [-0.25, -0.2) is 9.97 Å². The SMILES string of the molecule is Cc1ccc(CNc2nc(C)cc(C(=O)Nc3cccc4cccnc34)n2)cc1. The molecule has 2 N–H and O–H groups in total. The molecule has 6 nitrogen and oxygen atoms in total. The summed E-state index contributed by atoms with van der Waals surface area (Å²) < 4.78 is 0. The zero-order valence-corrected chi connectivity index (χ0v) is 16.3. The summed E-state index contributed by atoms with van der Waals surface area (Å²) in [6.07, 6.45) is 1.71. The lowest BCUT2D eigenvalue weighted by Crippen LogP contribution is -2.16. The smallest absolute Gasteiger partial charge is 0.274 e. The average Bonchev–Trinajstić information content (AvgIpc) is 2.73. The summed E-state index contributed by atoms with van der Waals surface area (Å²) in [4.78, 5) is 26.0. The number of rotatable bonds is 5. The lowest BCUT2D eigenvalue weighted by molar-refractivity contribution is 0.102. The molecule has 1 amide bonds. The van der Waals surface area contributed by atoms with Crippen molar-refractivity contribution in [2.45, 2.75) is 20.4 Å². The fraction of sp³-hybridized carbons (Fsp3) is 0.130. The maximum Gasteiger partial charge on any atom is 0.274 e. The molecule has 4 rings (SSSR count). The second-order valence-corrected chi connectivity index (χ2v) is 6.89. The standard InChI is InChI=1S/C23H21N5O/c1-15-8-10-17(11-9-15)14-25-23-26-16(2)13-20(28-23)22(29)27-19-7-3-5-18-6-4-12-24-21(18)19/h3-13H,14H2,1-2H3,(H,27,29)(H,25,26,28). The molecule has 0 spiro atoms. The molecule has 29 heavy (non-hydrogen) atoms. The third-order valence-electron chi connectivity index (χ3n) is 4.54. The number of nitrogens with zero attached hydrogens (tertiary/aromatic N) is 3. The molecule has 0 unspecified atom stereocenters. The zero-order valence-electron chi connectivity index (χ0n) is 16.3. The van der Waals surface area contributed by atoms with Gasteiger partial charge in [-0.3, -0.25) is 9.78 Å². The fourth-order valence-electron chi connectivity index (χ4n) is 3.04. The molecule has 0 saturated carbocycles. The minimum atomic E-state index is -0.299. The van der Waals surface area contributed by atoms with Crippen LogP contribution in [0, 0.1) is 13.8 Å². The van der Waals surface area contributed by atoms with Crippen molar-refractivity contribution in [3.05, 3.63) is 89.4 Å². The first-order valence-electron chi connectivity index (χ1n) is 9.39. The van der Waals surface area contributed by atoms with Gasteiger partial charge >= 0.3 is 0 Å². The summed E-state index contributed by atoms with van der Waals surface area (Å²) in [7, 11) is 0. The Kier molecular flexibility index (Phi) is 5.16. The van der Waals surface area contributed by atoms with E-state index in [0.29, 0.717) is 29.6 Å². The lowest BCUT2D eigenvalue weighted by atomic mass is 10.1. The highest BCUT2D eigenvalue weighted by molar-refractivity contribution is 6.07. The zero-order chi connectivity index (χ0) is 20.2. The van der Waals surface area contributed by atoms with Crippen LogP contribution >= 0.6 is 0 Å². The Labute approximate surface area is 169 Å². The Balaban J connectivity index is 1.53. The second-order valence-electron chi connectivity index (χ2n) is 6.89. The number of hydrogen-bond acceptors (Lipinski definition) is 5. The van der Waals surface area contributed by atoms with Crippen LogP contribution in [0.3, 0.4) is 0 Å². The molecular weight excluding hydrogens is 362 g/mol. The highest BCUT2D eigenvalue weighted by atomic mass is 16.1. The summed E-state index contributed by atoms with van der Waals surface area (Å²) in [5.41, 5.74) is 4.74. The summed E-state index contributed by atoms with van der Waals surface area (Å²) in [5.74, 6) is 0.124. The molecule has 2 aromatic carbocycles. The monoisotopic (exact) mass is 383 g/mol. The summed E-state index contributed by atoms with van der Waals surface area (Å²) in [5, 5.41) is 7.07. The first-order chi connectivity index (χ1) is 14.1. The van der Waals surface area contributed by atoms with E-state index in [1.807, 2.05) is 37.3 Å². The molecule has 0 radical (unpaired) electrons. The van der Waals surface area contributed by atoms with Gasteiger partial charge in [0, 0.05) is 23.8 Å². The van der Waals surface area contributed by atoms with Gasteiger partial charge in [0.15, 0.2) is 0 Å². The van der Waals surface area contributed by atoms with Crippen molar-refractivity contribution < 1.29 is 4.79 Å². The summed E-state index contributed by atoms with van der Waals surface area (Å²) >= 11 is 0. The van der Waals surface area contributed by atoms with Gasteiger partial charge in [-0.1, -0.05) is 48.0 Å². The van der Waals surface area contributed by atoms with Crippen LogP contribution in [0.15, 0.2) is 66.9 Å². The molecule has 2 heterocycles. The van der Waals surface area contributed by atoms with Gasteiger partial charge in [-0.05, 0) is 37.6 Å². The van der Waals surface area contributed by atoms with Crippen molar-refractivity contribution in [3.8, 4) is 0 Å². The number of benzene rings is 2. The number of carbonyl (C=O) groups is 1. The number of nitrogens with one attached hydrogen (secondary N) is 2. The first-order valence-corrected chi connectivity index (χ1v) is 9.39. The largest absolute Gasteiger partial charge is 0.350 e. The molecule has 0 atom stereocenters. The Morgan fingerprint density at radius 1 is 0.966 bits per heavy atom. The minimum absolute atomic E-state index is 0.299. The minimum Gasteiger partial charge on any atom is -0.350 e. The number of pyridine rings is 1. The number of aryl methyl sites for hydroxylation is 2. The maximum absolute atomic E-state index is 12.8. The van der Waals surface area contributed by atoms with Crippen molar-refractivity contribution >= 4 is 28.4 Å². The van der Waals surface area contributed by atoms with E-state index in [-0.39, 0.29) is 5.91 Å². The van der Waals surface area contributed by atoms with Crippen LogP contribution in [0.5, 0.6) is 0 Å². The quantitative estimate of drug-likeness (QED) is 0.530. The number of carbonyl (C=O) groups excluding carboxylic acids is 1. The van der Waals surface area contributed by atoms with Crippen LogP contribution in [0.25, 0.3) is 10.9 Å². The van der Waals surface area contributed by atoms with E-state index < -0.39 is 0 Å². The van der Waals surface area contributed by atoms with E-state index in [4.69, 9.17) is 0 Å². The molecule has 0 aliphatic rings. The van der Waals surface area contributed by atoms with Crippen molar-refractivity contribution in [1.82, 2.24) is 15.0 Å². The predicted molar refractivity (Wildman–Crippen MR) is 115 cm³/mol.